The van der Waals surface area contributed by atoms with Gasteiger partial charge in [-0.1, -0.05) is 32.8 Å². The molecule has 3 rings (SSSR count). The van der Waals surface area contributed by atoms with Crippen LogP contribution in [0.1, 0.15) is 79.1 Å². The van der Waals surface area contributed by atoms with Crippen molar-refractivity contribution in [2.45, 2.75) is 72.1 Å². The van der Waals surface area contributed by atoms with Crippen molar-refractivity contribution in [1.82, 2.24) is 0 Å². The summed E-state index contributed by atoms with van der Waals surface area (Å²) in [5, 5.41) is 0. The van der Waals surface area contributed by atoms with Crippen molar-refractivity contribution in [2.24, 2.45) is 5.92 Å². The van der Waals surface area contributed by atoms with Gasteiger partial charge in [-0.25, -0.2) is 0 Å². The number of ketones is 1. The molecule has 1 aliphatic rings. The number of aryl methyl sites for hydroxylation is 1. The van der Waals surface area contributed by atoms with Crippen LogP contribution in [0.15, 0.2) is 24.3 Å². The second-order valence-corrected chi connectivity index (χ2v) is 9.37. The Morgan fingerprint density at radius 1 is 0.917 bits per heavy atom. The Morgan fingerprint density at radius 3 is 2.17 bits per heavy atom. The lowest BCUT2D eigenvalue weighted by Crippen LogP contribution is -2.25. The molecule has 6 heteroatoms. The van der Waals surface area contributed by atoms with E-state index < -0.39 is 0 Å². The maximum Gasteiger partial charge on any atom is 0.309 e. The average molecular weight is 497 g/mol. The minimum Gasteiger partial charge on any atom is -0.496 e. The van der Waals surface area contributed by atoms with Gasteiger partial charge in [0.15, 0.2) is 5.78 Å². The van der Waals surface area contributed by atoms with Gasteiger partial charge in [0, 0.05) is 12.0 Å². The summed E-state index contributed by atoms with van der Waals surface area (Å²) < 4.78 is 22.9. The molecule has 0 saturated carbocycles. The van der Waals surface area contributed by atoms with Crippen molar-refractivity contribution < 1.29 is 28.5 Å². The van der Waals surface area contributed by atoms with E-state index in [0.29, 0.717) is 24.5 Å². The molecule has 0 saturated heterocycles. The molecule has 0 radical (unpaired) electrons. The Morgan fingerprint density at radius 2 is 1.56 bits per heavy atom. The van der Waals surface area contributed by atoms with E-state index in [9.17, 15) is 9.59 Å². The Hall–Kier alpha value is -3.02. The molecule has 1 aliphatic carbocycles. The van der Waals surface area contributed by atoms with Gasteiger partial charge < -0.3 is 18.9 Å². The highest BCUT2D eigenvalue weighted by Gasteiger charge is 2.28. The number of fused-ring (bicyclic) bond motifs is 1. The van der Waals surface area contributed by atoms with Crippen LogP contribution in [0.4, 0.5) is 0 Å². The van der Waals surface area contributed by atoms with Crippen molar-refractivity contribution in [2.75, 3.05) is 27.4 Å². The summed E-state index contributed by atoms with van der Waals surface area (Å²) in [5.41, 5.74) is 5.32. The molecule has 0 aliphatic heterocycles. The zero-order chi connectivity index (χ0) is 26.1. The van der Waals surface area contributed by atoms with Gasteiger partial charge in [0.2, 0.25) is 0 Å². The molecular formula is C30H40O6. The second kappa shape index (κ2) is 13.3. The van der Waals surface area contributed by atoms with E-state index >= 15 is 0 Å². The smallest absolute Gasteiger partial charge is 0.309 e. The Kier molecular flexibility index (Phi) is 10.2. The van der Waals surface area contributed by atoms with E-state index in [4.69, 9.17) is 18.9 Å². The lowest BCUT2D eigenvalue weighted by atomic mass is 9.80. The predicted octanol–water partition coefficient (Wildman–Crippen LogP) is 5.93. The van der Waals surface area contributed by atoms with Crippen molar-refractivity contribution >= 4 is 11.8 Å². The maximum atomic E-state index is 12.2. The standard InChI is InChI=1S/C30H40O6/c1-6-9-24-26-19-22(30(32)34-5)12-11-21(26)13-15-27(24)35-17-8-18-36-28-16-14-23(20(3)31)29(33-4)25(28)10-7-2/h13-16,22H,6-12,17-19H2,1-5H3. The van der Waals surface area contributed by atoms with Crippen LogP contribution in [0.25, 0.3) is 0 Å². The average Bonchev–Trinajstić information content (AvgIpc) is 2.89. The fourth-order valence-corrected chi connectivity index (χ4v) is 5.08. The summed E-state index contributed by atoms with van der Waals surface area (Å²) >= 11 is 0. The monoisotopic (exact) mass is 496 g/mol. The van der Waals surface area contributed by atoms with E-state index in [0.717, 1.165) is 68.4 Å². The van der Waals surface area contributed by atoms with Crippen LogP contribution in [-0.2, 0) is 35.2 Å². The van der Waals surface area contributed by atoms with Gasteiger partial charge in [0.25, 0.3) is 0 Å². The third kappa shape index (κ3) is 6.40. The molecule has 0 bridgehead atoms. The number of esters is 1. The zero-order valence-corrected chi connectivity index (χ0v) is 22.4. The van der Waals surface area contributed by atoms with Gasteiger partial charge >= 0.3 is 5.97 Å². The first-order chi connectivity index (χ1) is 17.4. The highest BCUT2D eigenvalue weighted by atomic mass is 16.5. The normalized spacial score (nSPS) is 14.6. The fraction of sp³-hybridized carbons (Fsp3) is 0.533. The Bertz CT molecular complexity index is 1060. The molecule has 1 atom stereocenters. The molecule has 1 unspecified atom stereocenters. The summed E-state index contributed by atoms with van der Waals surface area (Å²) in [7, 11) is 3.06. The van der Waals surface area contributed by atoms with Gasteiger partial charge in [0.05, 0.1) is 38.9 Å². The first-order valence-corrected chi connectivity index (χ1v) is 13.1. The van der Waals surface area contributed by atoms with Gasteiger partial charge in [0.1, 0.15) is 17.2 Å². The molecule has 196 valence electrons. The minimum atomic E-state index is -0.123. The number of benzene rings is 2. The topological polar surface area (TPSA) is 71.1 Å². The van der Waals surface area contributed by atoms with E-state index in [-0.39, 0.29) is 17.7 Å². The molecular weight excluding hydrogens is 456 g/mol. The summed E-state index contributed by atoms with van der Waals surface area (Å²) in [5.74, 6) is 2.05. The Balaban J connectivity index is 1.65. The van der Waals surface area contributed by atoms with E-state index in [2.05, 4.69) is 26.0 Å². The number of carbonyl (C=O) groups excluding carboxylic acids is 2. The zero-order valence-electron chi connectivity index (χ0n) is 22.4. The van der Waals surface area contributed by atoms with Gasteiger partial charge in [-0.2, -0.15) is 0 Å². The predicted molar refractivity (Wildman–Crippen MR) is 141 cm³/mol. The maximum absolute atomic E-state index is 12.2. The molecule has 2 aromatic carbocycles. The van der Waals surface area contributed by atoms with Gasteiger partial charge in [-0.15, -0.1) is 0 Å². The fourth-order valence-electron chi connectivity index (χ4n) is 5.08. The number of hydrogen-bond donors (Lipinski definition) is 0. The third-order valence-corrected chi connectivity index (χ3v) is 6.84. The van der Waals surface area contributed by atoms with Gasteiger partial charge in [-0.3, -0.25) is 9.59 Å². The molecule has 0 heterocycles. The molecule has 0 fully saturated rings. The number of hydrogen-bond acceptors (Lipinski definition) is 6. The van der Waals surface area contributed by atoms with Crippen molar-refractivity contribution in [1.29, 1.82) is 0 Å². The molecule has 0 aromatic heterocycles. The molecule has 2 aromatic rings. The van der Waals surface area contributed by atoms with Crippen LogP contribution in [0, 0.1) is 5.92 Å². The first-order valence-electron chi connectivity index (χ1n) is 13.1. The quantitative estimate of drug-likeness (QED) is 0.194. The van der Waals surface area contributed by atoms with E-state index in [1.54, 1.807) is 20.1 Å². The first kappa shape index (κ1) is 27.6. The summed E-state index contributed by atoms with van der Waals surface area (Å²) in [6.07, 6.45) is 6.80. The van der Waals surface area contributed by atoms with Crippen LogP contribution in [0.2, 0.25) is 0 Å². The minimum absolute atomic E-state index is 0.0185. The van der Waals surface area contributed by atoms with Gasteiger partial charge in [-0.05, 0) is 73.9 Å². The molecule has 6 nitrogen and oxygen atoms in total. The SMILES string of the molecule is CCCc1c(OCCCOc2ccc(C(C)=O)c(OC)c2CCC)ccc2c1CC(C(=O)OC)CC2. The van der Waals surface area contributed by atoms with Crippen molar-refractivity contribution in [3.8, 4) is 17.2 Å². The highest BCUT2D eigenvalue weighted by molar-refractivity contribution is 5.97. The van der Waals surface area contributed by atoms with Crippen LogP contribution < -0.4 is 14.2 Å². The lowest BCUT2D eigenvalue weighted by Gasteiger charge is -2.26. The number of methoxy groups -OCH3 is 2. The Labute approximate surface area is 215 Å². The number of rotatable bonds is 13. The molecule has 0 spiro atoms. The number of Topliss-reactive ketones (excluding diaryl/α,β-unsaturated/α-hetero) is 1. The second-order valence-electron chi connectivity index (χ2n) is 9.37. The van der Waals surface area contributed by atoms with Crippen LogP contribution in [0.3, 0.4) is 0 Å². The summed E-state index contributed by atoms with van der Waals surface area (Å²) in [6, 6.07) is 7.87. The van der Waals surface area contributed by atoms with Crippen molar-refractivity contribution in [3.05, 3.63) is 52.1 Å². The summed E-state index contributed by atoms with van der Waals surface area (Å²) in [4.78, 5) is 24.2. The van der Waals surface area contributed by atoms with Crippen LogP contribution in [-0.4, -0.2) is 39.2 Å². The van der Waals surface area contributed by atoms with Crippen LogP contribution in [0.5, 0.6) is 17.2 Å². The van der Waals surface area contributed by atoms with Crippen molar-refractivity contribution in [3.63, 3.8) is 0 Å². The largest absolute Gasteiger partial charge is 0.496 e. The van der Waals surface area contributed by atoms with Crippen LogP contribution >= 0.6 is 0 Å². The van der Waals surface area contributed by atoms with E-state index in [1.165, 1.54) is 23.8 Å². The molecule has 36 heavy (non-hydrogen) atoms. The molecule has 0 amide bonds. The third-order valence-electron chi connectivity index (χ3n) is 6.84. The highest BCUT2D eigenvalue weighted by Crippen LogP contribution is 2.36. The number of ether oxygens (including phenoxy) is 4. The number of carbonyl (C=O) groups is 2. The lowest BCUT2D eigenvalue weighted by molar-refractivity contribution is -0.145. The summed E-state index contributed by atoms with van der Waals surface area (Å²) in [6.45, 7) is 6.84. The van der Waals surface area contributed by atoms with E-state index in [1.807, 2.05) is 6.07 Å². The molecule has 0 N–H and O–H groups in total.